The van der Waals surface area contributed by atoms with Crippen LogP contribution in [0.25, 0.3) is 0 Å². The van der Waals surface area contributed by atoms with E-state index in [0.717, 1.165) is 16.3 Å². The first-order chi connectivity index (χ1) is 13.0. The van der Waals surface area contributed by atoms with Crippen molar-refractivity contribution in [3.8, 4) is 0 Å². The molecule has 0 aromatic rings. The van der Waals surface area contributed by atoms with Crippen LogP contribution in [0, 0.1) is 0 Å². The zero-order valence-corrected chi connectivity index (χ0v) is 16.0. The highest BCUT2D eigenvalue weighted by atomic mass is 32.2. The van der Waals surface area contributed by atoms with Crippen LogP contribution in [0.5, 0.6) is 0 Å². The van der Waals surface area contributed by atoms with E-state index in [0.29, 0.717) is 12.7 Å². The molecule has 3 N–H and O–H groups in total. The fraction of sp³-hybridized carbons (Fsp3) is 0.667. The number of carboxylic acid groups (broad SMARTS) is 1. The fourth-order valence-corrected chi connectivity index (χ4v) is 3.96. The van der Waals surface area contributed by atoms with Crippen LogP contribution in [0.1, 0.15) is 32.1 Å². The second-order valence-electron chi connectivity index (χ2n) is 6.64. The molecule has 28 heavy (non-hydrogen) atoms. The second-order valence-corrected chi connectivity index (χ2v) is 8.42. The smallest absolute Gasteiger partial charge is 0.326 e. The molecule has 3 atom stereocenters. The highest BCUT2D eigenvalue weighted by Crippen LogP contribution is 2.25. The summed E-state index contributed by atoms with van der Waals surface area (Å²) in [5, 5.41) is 13.3. The minimum absolute atomic E-state index is 0.0605. The minimum atomic E-state index is -3.75. The van der Waals surface area contributed by atoms with Gasteiger partial charge < -0.3 is 15.2 Å². The molecule has 0 aliphatic carbocycles. The van der Waals surface area contributed by atoms with E-state index in [-0.39, 0.29) is 25.8 Å². The number of rotatable bonds is 7. The molecule has 0 aromatic heterocycles. The molecule has 2 heterocycles. The summed E-state index contributed by atoms with van der Waals surface area (Å²) in [4.78, 5) is 59.7. The van der Waals surface area contributed by atoms with Crippen LogP contribution in [0.15, 0.2) is 0 Å². The molecule has 2 rings (SSSR count). The summed E-state index contributed by atoms with van der Waals surface area (Å²) in [6.07, 6.45) is 1.16. The molecule has 2 aliphatic heterocycles. The molecule has 2 fully saturated rings. The zero-order chi connectivity index (χ0) is 21.1. The normalized spacial score (nSPS) is 24.2. The number of aliphatic carboxylic acids is 1. The molecule has 0 bridgehead atoms. The van der Waals surface area contributed by atoms with E-state index in [1.54, 1.807) is 0 Å². The molecule has 3 amide bonds. The van der Waals surface area contributed by atoms with Gasteiger partial charge in [0.05, 0.1) is 6.26 Å². The first-order valence-corrected chi connectivity index (χ1v) is 10.5. The largest absolute Gasteiger partial charge is 0.480 e. The first kappa shape index (κ1) is 21.8. The van der Waals surface area contributed by atoms with Crippen molar-refractivity contribution in [2.45, 2.75) is 50.2 Å². The van der Waals surface area contributed by atoms with Crippen LogP contribution in [-0.2, 0) is 34.0 Å². The number of fused-ring (bicyclic) bond motifs is 1. The minimum Gasteiger partial charge on any atom is -0.480 e. The summed E-state index contributed by atoms with van der Waals surface area (Å²) in [6.45, 7) is 0.177. The van der Waals surface area contributed by atoms with E-state index in [9.17, 15) is 32.4 Å². The summed E-state index contributed by atoms with van der Waals surface area (Å²) in [5.74, 6) is -3.45. The van der Waals surface area contributed by atoms with Gasteiger partial charge in [0.25, 0.3) is 5.91 Å². The van der Waals surface area contributed by atoms with Crippen molar-refractivity contribution < 1.29 is 37.5 Å². The highest BCUT2D eigenvalue weighted by molar-refractivity contribution is 7.88. The predicted molar refractivity (Wildman–Crippen MR) is 92.8 cm³/mol. The van der Waals surface area contributed by atoms with Crippen LogP contribution >= 0.6 is 0 Å². The third-order valence-electron chi connectivity index (χ3n) is 4.47. The predicted octanol–water partition coefficient (Wildman–Crippen LogP) is -2.41. The van der Waals surface area contributed by atoms with Crippen molar-refractivity contribution in [2.24, 2.45) is 0 Å². The van der Waals surface area contributed by atoms with E-state index in [4.69, 9.17) is 5.11 Å². The number of hydrazine groups is 1. The summed E-state index contributed by atoms with van der Waals surface area (Å²) >= 11 is 0. The molecule has 13 heteroatoms. The topological polar surface area (TPSA) is 170 Å². The third-order valence-corrected chi connectivity index (χ3v) is 5.18. The van der Waals surface area contributed by atoms with Gasteiger partial charge in [0.2, 0.25) is 21.8 Å². The maximum Gasteiger partial charge on any atom is 0.326 e. The van der Waals surface area contributed by atoms with Gasteiger partial charge in [-0.05, 0) is 19.3 Å². The number of sulfonamides is 1. The van der Waals surface area contributed by atoms with E-state index in [2.05, 4.69) is 10.0 Å². The molecule has 0 aromatic carbocycles. The Hall–Kier alpha value is -2.54. The number of nitrogens with zero attached hydrogens (tertiary/aromatic N) is 2. The number of carbonyl (C=O) groups excluding carboxylic acids is 4. The fourth-order valence-electron chi connectivity index (χ4n) is 3.23. The van der Waals surface area contributed by atoms with Crippen molar-refractivity contribution >= 4 is 40.0 Å². The van der Waals surface area contributed by atoms with E-state index >= 15 is 0 Å². The molecule has 12 nitrogen and oxygen atoms in total. The van der Waals surface area contributed by atoms with Crippen molar-refractivity contribution in [3.05, 3.63) is 0 Å². The van der Waals surface area contributed by atoms with E-state index in [1.807, 2.05) is 0 Å². The van der Waals surface area contributed by atoms with E-state index < -0.39 is 58.3 Å². The Bertz CT molecular complexity index is 783. The molecular weight excluding hydrogens is 396 g/mol. The van der Waals surface area contributed by atoms with Gasteiger partial charge >= 0.3 is 5.97 Å². The van der Waals surface area contributed by atoms with Crippen LogP contribution < -0.4 is 10.0 Å². The quantitative estimate of drug-likeness (QED) is 0.384. The number of carboxylic acids is 1. The molecule has 2 aliphatic rings. The maximum absolute atomic E-state index is 12.9. The summed E-state index contributed by atoms with van der Waals surface area (Å²) in [7, 11) is -3.75. The number of aldehydes is 1. The molecular formula is C15H22N4O8S. The Morgan fingerprint density at radius 1 is 1.32 bits per heavy atom. The van der Waals surface area contributed by atoms with Gasteiger partial charge in [-0.3, -0.25) is 19.4 Å². The van der Waals surface area contributed by atoms with Crippen LogP contribution in [0.2, 0.25) is 0 Å². The maximum atomic E-state index is 12.9. The lowest BCUT2D eigenvalue weighted by Crippen LogP contribution is -2.64. The van der Waals surface area contributed by atoms with Gasteiger partial charge in [-0.25, -0.2) is 22.9 Å². The van der Waals surface area contributed by atoms with Crippen molar-refractivity contribution in [1.29, 1.82) is 0 Å². The van der Waals surface area contributed by atoms with Crippen LogP contribution in [0.3, 0.4) is 0 Å². The average Bonchev–Trinajstić information content (AvgIpc) is 2.72. The zero-order valence-electron chi connectivity index (χ0n) is 15.2. The van der Waals surface area contributed by atoms with Crippen molar-refractivity contribution in [3.63, 3.8) is 0 Å². The third kappa shape index (κ3) is 5.04. The van der Waals surface area contributed by atoms with Gasteiger partial charge in [0, 0.05) is 19.4 Å². The van der Waals surface area contributed by atoms with Crippen molar-refractivity contribution in [1.82, 2.24) is 20.1 Å². The SMILES string of the molecule is CS(=O)(=O)NC1CCC(=O)N2CCCC(C(=O)NC(CC=O)C(=O)O)N2C1=O. The summed E-state index contributed by atoms with van der Waals surface area (Å²) in [5.41, 5.74) is 0. The number of nitrogens with one attached hydrogen (secondary N) is 2. The summed E-state index contributed by atoms with van der Waals surface area (Å²) in [6, 6.07) is -3.88. The lowest BCUT2D eigenvalue weighted by Gasteiger charge is -2.43. The van der Waals surface area contributed by atoms with Gasteiger partial charge in [0.1, 0.15) is 24.4 Å². The van der Waals surface area contributed by atoms with Gasteiger partial charge in [-0.2, -0.15) is 0 Å². The molecule has 2 saturated heterocycles. The summed E-state index contributed by atoms with van der Waals surface area (Å²) < 4.78 is 25.3. The molecule has 3 unspecified atom stereocenters. The standard InChI is InChI=1S/C15H22N4O8S/c1-28(26,27)17-9-4-5-12(21)18-7-2-3-11(19(18)14(9)23)13(22)16-10(6-8-20)15(24)25/h8-11,17H,2-7H2,1H3,(H,16,22)(H,24,25). The Labute approximate surface area is 161 Å². The Morgan fingerprint density at radius 3 is 2.57 bits per heavy atom. The first-order valence-electron chi connectivity index (χ1n) is 8.62. The van der Waals surface area contributed by atoms with Crippen LogP contribution in [-0.4, -0.2) is 84.4 Å². The van der Waals surface area contributed by atoms with Gasteiger partial charge in [-0.15, -0.1) is 0 Å². The van der Waals surface area contributed by atoms with E-state index in [1.165, 1.54) is 0 Å². The van der Waals surface area contributed by atoms with Gasteiger partial charge in [-0.1, -0.05) is 0 Å². The Kier molecular flexibility index (Phi) is 6.72. The lowest BCUT2D eigenvalue weighted by molar-refractivity contribution is -0.176. The number of hydrogen-bond acceptors (Lipinski definition) is 7. The highest BCUT2D eigenvalue weighted by Gasteiger charge is 2.45. The average molecular weight is 418 g/mol. The van der Waals surface area contributed by atoms with Gasteiger partial charge in [0.15, 0.2) is 0 Å². The van der Waals surface area contributed by atoms with Crippen LogP contribution in [0.4, 0.5) is 0 Å². The monoisotopic (exact) mass is 418 g/mol. The Morgan fingerprint density at radius 2 is 2.00 bits per heavy atom. The molecule has 0 spiro atoms. The molecule has 156 valence electrons. The molecule has 0 saturated carbocycles. The molecule has 0 radical (unpaired) electrons. The lowest BCUT2D eigenvalue weighted by atomic mass is 10.1. The number of carbonyl (C=O) groups is 5. The number of hydrogen-bond donors (Lipinski definition) is 3. The van der Waals surface area contributed by atoms with Crippen molar-refractivity contribution in [2.75, 3.05) is 12.8 Å². The Balaban J connectivity index is 2.30. The number of amides is 3. The second kappa shape index (κ2) is 8.65.